The summed E-state index contributed by atoms with van der Waals surface area (Å²) in [6.07, 6.45) is 1.61. The summed E-state index contributed by atoms with van der Waals surface area (Å²) < 4.78 is 1.63. The van der Waals surface area contributed by atoms with Gasteiger partial charge >= 0.3 is 0 Å². The standard InChI is InChI=1S/C18H16N4OS2/c1-11-12(2)25-16-15(11)17(23)22(10-19-16)8-14-9-24-18(21-14)20-13-6-4-3-5-7-13/h3-7,9-10H,8H2,1-2H3,(H,20,21). The Morgan fingerprint density at radius 3 is 2.80 bits per heavy atom. The fraction of sp³-hybridized carbons (Fsp3) is 0.167. The first-order valence-electron chi connectivity index (χ1n) is 7.83. The van der Waals surface area contributed by atoms with E-state index in [0.29, 0.717) is 6.54 Å². The molecule has 0 spiro atoms. The summed E-state index contributed by atoms with van der Waals surface area (Å²) in [4.78, 5) is 23.7. The maximum Gasteiger partial charge on any atom is 0.262 e. The van der Waals surface area contributed by atoms with E-state index >= 15 is 0 Å². The number of hydrogen-bond donors (Lipinski definition) is 1. The van der Waals surface area contributed by atoms with Crippen LogP contribution in [0, 0.1) is 13.8 Å². The molecule has 3 heterocycles. The van der Waals surface area contributed by atoms with Gasteiger partial charge in [-0.25, -0.2) is 9.97 Å². The number of anilines is 2. The van der Waals surface area contributed by atoms with Crippen LogP contribution >= 0.6 is 22.7 Å². The lowest BCUT2D eigenvalue weighted by molar-refractivity contribution is 0.735. The number of fused-ring (bicyclic) bond motifs is 1. The van der Waals surface area contributed by atoms with Crippen molar-refractivity contribution >= 4 is 43.7 Å². The van der Waals surface area contributed by atoms with Crippen LogP contribution in [0.15, 0.2) is 46.8 Å². The second kappa shape index (κ2) is 6.42. The molecule has 1 N–H and O–H groups in total. The van der Waals surface area contributed by atoms with Gasteiger partial charge < -0.3 is 5.32 Å². The molecular weight excluding hydrogens is 352 g/mol. The number of benzene rings is 1. The van der Waals surface area contributed by atoms with Gasteiger partial charge in [0.05, 0.1) is 24.0 Å². The Morgan fingerprint density at radius 2 is 2.00 bits per heavy atom. The molecule has 25 heavy (non-hydrogen) atoms. The van der Waals surface area contributed by atoms with Gasteiger partial charge in [0.15, 0.2) is 5.13 Å². The lowest BCUT2D eigenvalue weighted by Gasteiger charge is -2.03. The normalized spacial score (nSPS) is 11.1. The molecule has 0 radical (unpaired) electrons. The van der Waals surface area contributed by atoms with E-state index in [2.05, 4.69) is 15.3 Å². The smallest absolute Gasteiger partial charge is 0.262 e. The quantitative estimate of drug-likeness (QED) is 0.583. The second-order valence-electron chi connectivity index (χ2n) is 5.78. The highest BCUT2D eigenvalue weighted by Gasteiger charge is 2.13. The first-order valence-corrected chi connectivity index (χ1v) is 9.53. The highest BCUT2D eigenvalue weighted by atomic mass is 32.1. The zero-order valence-corrected chi connectivity index (χ0v) is 15.4. The van der Waals surface area contributed by atoms with Gasteiger partial charge in [0.1, 0.15) is 4.83 Å². The average Bonchev–Trinajstić information content (AvgIpc) is 3.16. The van der Waals surface area contributed by atoms with E-state index < -0.39 is 0 Å². The maximum atomic E-state index is 12.8. The number of aryl methyl sites for hydroxylation is 2. The van der Waals surface area contributed by atoms with Crippen LogP contribution in [0.4, 0.5) is 10.8 Å². The molecule has 0 amide bonds. The minimum absolute atomic E-state index is 0.00239. The van der Waals surface area contributed by atoms with Gasteiger partial charge in [-0.05, 0) is 31.5 Å². The van der Waals surface area contributed by atoms with Gasteiger partial charge in [-0.15, -0.1) is 22.7 Å². The van der Waals surface area contributed by atoms with Crippen molar-refractivity contribution in [2.24, 2.45) is 0 Å². The zero-order valence-electron chi connectivity index (χ0n) is 13.8. The van der Waals surface area contributed by atoms with Gasteiger partial charge in [0.25, 0.3) is 5.56 Å². The van der Waals surface area contributed by atoms with Crippen molar-refractivity contribution in [3.8, 4) is 0 Å². The Hall–Kier alpha value is -2.51. The Morgan fingerprint density at radius 1 is 1.20 bits per heavy atom. The molecule has 4 rings (SSSR count). The lowest BCUT2D eigenvalue weighted by Crippen LogP contribution is -2.21. The predicted octanol–water partition coefficient (Wildman–Crippen LogP) is 4.32. The molecular formula is C18H16N4OS2. The van der Waals surface area contributed by atoms with E-state index in [9.17, 15) is 4.79 Å². The van der Waals surface area contributed by atoms with Crippen LogP contribution in [0.2, 0.25) is 0 Å². The molecule has 0 saturated carbocycles. The molecule has 1 aromatic carbocycles. The third kappa shape index (κ3) is 3.08. The van der Waals surface area contributed by atoms with Crippen molar-refractivity contribution in [1.82, 2.24) is 14.5 Å². The highest BCUT2D eigenvalue weighted by molar-refractivity contribution is 7.18. The number of nitrogens with one attached hydrogen (secondary N) is 1. The summed E-state index contributed by atoms with van der Waals surface area (Å²) in [6, 6.07) is 9.91. The van der Waals surface area contributed by atoms with E-state index in [0.717, 1.165) is 37.2 Å². The van der Waals surface area contributed by atoms with Crippen molar-refractivity contribution in [3.63, 3.8) is 0 Å². The SMILES string of the molecule is Cc1sc2ncn(Cc3csc(Nc4ccccc4)n3)c(=O)c2c1C. The molecule has 3 aromatic heterocycles. The van der Waals surface area contributed by atoms with E-state index in [1.807, 2.05) is 49.6 Å². The molecule has 5 nitrogen and oxygen atoms in total. The molecule has 0 aliphatic carbocycles. The first-order chi connectivity index (χ1) is 12.1. The van der Waals surface area contributed by atoms with Crippen molar-refractivity contribution in [2.45, 2.75) is 20.4 Å². The van der Waals surface area contributed by atoms with Crippen LogP contribution in [0.25, 0.3) is 10.2 Å². The molecule has 4 aromatic rings. The Balaban J connectivity index is 1.61. The van der Waals surface area contributed by atoms with Crippen LogP contribution in [0.1, 0.15) is 16.1 Å². The lowest BCUT2D eigenvalue weighted by atomic mass is 10.2. The second-order valence-corrected chi connectivity index (χ2v) is 7.84. The largest absolute Gasteiger partial charge is 0.332 e. The summed E-state index contributed by atoms with van der Waals surface area (Å²) >= 11 is 3.09. The van der Waals surface area contributed by atoms with E-state index in [-0.39, 0.29) is 5.56 Å². The van der Waals surface area contributed by atoms with Crippen LogP contribution in [-0.4, -0.2) is 14.5 Å². The molecule has 0 atom stereocenters. The van der Waals surface area contributed by atoms with Gasteiger partial charge in [-0.2, -0.15) is 0 Å². The van der Waals surface area contributed by atoms with E-state index in [1.165, 1.54) is 11.3 Å². The summed E-state index contributed by atoms with van der Waals surface area (Å²) in [5.41, 5.74) is 2.86. The van der Waals surface area contributed by atoms with Gasteiger partial charge in [0, 0.05) is 15.9 Å². The summed E-state index contributed by atoms with van der Waals surface area (Å²) in [6.45, 7) is 4.42. The fourth-order valence-corrected chi connectivity index (χ4v) is 4.35. The molecule has 0 aliphatic heterocycles. The van der Waals surface area contributed by atoms with Gasteiger partial charge in [0.2, 0.25) is 0 Å². The first kappa shape index (κ1) is 16.0. The number of para-hydroxylation sites is 1. The third-order valence-electron chi connectivity index (χ3n) is 4.06. The summed E-state index contributed by atoms with van der Waals surface area (Å²) in [5.74, 6) is 0. The summed E-state index contributed by atoms with van der Waals surface area (Å²) in [5, 5.41) is 6.77. The van der Waals surface area contributed by atoms with E-state index in [1.54, 1.807) is 22.2 Å². The molecule has 0 aliphatic rings. The number of thiazole rings is 1. The molecule has 0 saturated heterocycles. The zero-order chi connectivity index (χ0) is 17.4. The van der Waals surface area contributed by atoms with Crippen LogP contribution in [0.5, 0.6) is 0 Å². The molecule has 0 bridgehead atoms. The number of thiophene rings is 1. The van der Waals surface area contributed by atoms with Gasteiger partial charge in [-0.3, -0.25) is 9.36 Å². The average molecular weight is 368 g/mol. The number of nitrogens with zero attached hydrogens (tertiary/aromatic N) is 3. The highest BCUT2D eigenvalue weighted by Crippen LogP contribution is 2.26. The van der Waals surface area contributed by atoms with Crippen molar-refractivity contribution in [2.75, 3.05) is 5.32 Å². The monoisotopic (exact) mass is 368 g/mol. The minimum atomic E-state index is -0.00239. The topological polar surface area (TPSA) is 59.8 Å². The molecule has 0 unspecified atom stereocenters. The van der Waals surface area contributed by atoms with Gasteiger partial charge in [-0.1, -0.05) is 18.2 Å². The van der Waals surface area contributed by atoms with Crippen LogP contribution < -0.4 is 10.9 Å². The molecule has 7 heteroatoms. The fourth-order valence-electron chi connectivity index (χ4n) is 2.64. The molecule has 0 fully saturated rings. The molecule has 126 valence electrons. The van der Waals surface area contributed by atoms with Crippen molar-refractivity contribution < 1.29 is 0 Å². The maximum absolute atomic E-state index is 12.8. The van der Waals surface area contributed by atoms with Crippen LogP contribution in [-0.2, 0) is 6.54 Å². The minimum Gasteiger partial charge on any atom is -0.332 e. The van der Waals surface area contributed by atoms with E-state index in [4.69, 9.17) is 0 Å². The summed E-state index contributed by atoms with van der Waals surface area (Å²) in [7, 11) is 0. The third-order valence-corrected chi connectivity index (χ3v) is 5.99. The van der Waals surface area contributed by atoms with Crippen molar-refractivity contribution in [1.29, 1.82) is 0 Å². The van der Waals surface area contributed by atoms with Crippen LogP contribution in [0.3, 0.4) is 0 Å². The Labute approximate surface area is 152 Å². The van der Waals surface area contributed by atoms with Crippen molar-refractivity contribution in [3.05, 3.63) is 68.5 Å². The number of aromatic nitrogens is 3. The predicted molar refractivity (Wildman–Crippen MR) is 104 cm³/mol. The Bertz CT molecular complexity index is 1100. The number of hydrogen-bond acceptors (Lipinski definition) is 6. The number of rotatable bonds is 4. The Kier molecular flexibility index (Phi) is 4.10.